The number of nitrogens with one attached hydrogen (secondary N) is 1. The molecule has 0 aromatic heterocycles. The van der Waals surface area contributed by atoms with E-state index in [1.807, 2.05) is 0 Å². The topological polar surface area (TPSA) is 127 Å². The van der Waals surface area contributed by atoms with Gasteiger partial charge in [0.2, 0.25) is 0 Å². The molecule has 0 aliphatic carbocycles. The lowest BCUT2D eigenvalue weighted by Crippen LogP contribution is -2.62. The second kappa shape index (κ2) is 7.98. The van der Waals surface area contributed by atoms with Crippen molar-refractivity contribution in [1.82, 2.24) is 10.2 Å². The lowest BCUT2D eigenvalue weighted by atomic mass is 9.59. The fraction of sp³-hybridized carbons (Fsp3) is 0.421. The number of urea groups is 1. The molecule has 1 aromatic rings. The van der Waals surface area contributed by atoms with Crippen LogP contribution in [0.2, 0.25) is 0 Å². The number of halogens is 1. The van der Waals surface area contributed by atoms with Gasteiger partial charge >= 0.3 is 13.9 Å². The van der Waals surface area contributed by atoms with Gasteiger partial charge in [0.25, 0.3) is 5.85 Å². The van der Waals surface area contributed by atoms with E-state index < -0.39 is 42.9 Å². The Morgan fingerprint density at radius 3 is 2.71 bits per heavy atom. The quantitative estimate of drug-likeness (QED) is 0.365. The largest absolute Gasteiger partial charge is 0.529 e. The number of hydrogen-bond donors (Lipinski definition) is 3. The summed E-state index contributed by atoms with van der Waals surface area (Å²) < 4.78 is 51.6. The summed E-state index contributed by atoms with van der Waals surface area (Å²) in [5.41, 5.74) is 0.126. The van der Waals surface area contributed by atoms with Crippen molar-refractivity contribution in [2.45, 2.75) is 49.5 Å². The molecule has 180 valence electrons. The van der Waals surface area contributed by atoms with E-state index in [1.54, 1.807) is 32.0 Å². The summed E-state index contributed by atoms with van der Waals surface area (Å²) >= 11 is 0. The number of aliphatic hydroxyl groups is 2. The van der Waals surface area contributed by atoms with Crippen molar-refractivity contribution < 1.29 is 42.3 Å². The van der Waals surface area contributed by atoms with Crippen molar-refractivity contribution in [3.8, 4) is 5.75 Å². The van der Waals surface area contributed by atoms with E-state index in [0.717, 1.165) is 4.90 Å². The molecule has 4 rings (SSSR count). The van der Waals surface area contributed by atoms with Crippen LogP contribution in [0.3, 0.4) is 0 Å². The number of nitrogens with zero attached hydrogens (tertiary/aromatic N) is 1. The van der Waals surface area contributed by atoms with Gasteiger partial charge in [-0.25, -0.2) is 13.8 Å². The lowest BCUT2D eigenvalue weighted by Gasteiger charge is -2.43. The molecule has 5 atom stereocenters. The summed E-state index contributed by atoms with van der Waals surface area (Å²) in [6.07, 6.45) is -2.77. The summed E-state index contributed by atoms with van der Waals surface area (Å²) in [5.74, 6) is -2.84. The molecule has 1 unspecified atom stereocenters. The van der Waals surface area contributed by atoms with Crippen molar-refractivity contribution in [3.63, 3.8) is 0 Å². The number of fused-ring (bicyclic) bond motifs is 1. The van der Waals surface area contributed by atoms with Crippen molar-refractivity contribution >= 4 is 37.4 Å². The zero-order valence-corrected chi connectivity index (χ0v) is 20.4. The molecule has 1 fully saturated rings. The first kappa shape index (κ1) is 25.0. The number of allylic oxidation sites excluding steroid dienone is 1. The SMILES string of the molecule is BC(B)(OP1(=O)OCc2cccc(C)c2O1)[C@@]1(F)O[C@@](B)(N2C=C(C)C(=C)NC2=O)[C@H](O)[C@@H]1O. The monoisotopic (exact) mass is 492 g/mol. The third kappa shape index (κ3) is 3.73. The Bertz CT molecular complexity index is 1150. The third-order valence-electron chi connectivity index (χ3n) is 6.37. The molecule has 0 bridgehead atoms. The second-order valence-electron chi connectivity index (χ2n) is 9.26. The highest BCUT2D eigenvalue weighted by molar-refractivity contribution is 7.49. The predicted octanol–water partition coefficient (Wildman–Crippen LogP) is -0.904. The number of phosphoric ester groups is 1. The first-order chi connectivity index (χ1) is 15.6. The van der Waals surface area contributed by atoms with Crippen molar-refractivity contribution in [2.75, 3.05) is 0 Å². The van der Waals surface area contributed by atoms with E-state index in [2.05, 4.69) is 11.9 Å². The average molecular weight is 492 g/mol. The summed E-state index contributed by atoms with van der Waals surface area (Å²) in [6, 6.07) is 4.51. The molecule has 15 heteroatoms. The van der Waals surface area contributed by atoms with Crippen LogP contribution in [0.1, 0.15) is 18.1 Å². The number of para-hydroxylation sites is 1. The van der Waals surface area contributed by atoms with Gasteiger partial charge in [-0.2, -0.15) is 0 Å². The van der Waals surface area contributed by atoms with Crippen LogP contribution < -0.4 is 9.84 Å². The Hall–Kier alpha value is -2.08. The standard InChI is InChI=1S/C19H25B3FN2O8P/c1-9-5-4-6-12-8-30-34(29,31-13(9)12)33-19(21,22)17(23)14(26)15(27)18(20,32-17)25-7-10(2)11(3)24-16(25)28/h4-7,14-15,26-27H,3,8,20-22H2,1-2H3,(H,24,28)/t14-,15+,17-,18-,34?/m0/s1. The molecule has 2 amide bonds. The number of carbonyl (C=O) groups is 1. The van der Waals surface area contributed by atoms with Crippen LogP contribution in [0.4, 0.5) is 9.18 Å². The maximum atomic E-state index is 16.4. The van der Waals surface area contributed by atoms with Crippen LogP contribution >= 0.6 is 7.82 Å². The summed E-state index contributed by atoms with van der Waals surface area (Å²) in [4.78, 5) is 13.5. The molecule has 1 aromatic carbocycles. The number of phosphoric acid groups is 1. The number of aryl methyl sites for hydroxylation is 1. The van der Waals surface area contributed by atoms with Crippen molar-refractivity contribution in [3.05, 3.63) is 53.4 Å². The fourth-order valence-electron chi connectivity index (χ4n) is 4.17. The second-order valence-corrected chi connectivity index (χ2v) is 10.8. The smallest absolute Gasteiger partial charge is 0.403 e. The fourth-order valence-corrected chi connectivity index (χ4v) is 5.78. The zero-order chi connectivity index (χ0) is 25.3. The minimum Gasteiger partial charge on any atom is -0.403 e. The molecule has 0 radical (unpaired) electrons. The van der Waals surface area contributed by atoms with Gasteiger partial charge in [-0.1, -0.05) is 24.8 Å². The summed E-state index contributed by atoms with van der Waals surface area (Å²) in [5, 5.41) is 21.9. The van der Waals surface area contributed by atoms with Crippen molar-refractivity contribution in [1.29, 1.82) is 0 Å². The normalized spacial score (nSPS) is 35.9. The number of aliphatic hydroxyl groups excluding tert-OH is 2. The Kier molecular flexibility index (Phi) is 5.87. The van der Waals surface area contributed by atoms with E-state index in [1.165, 1.54) is 29.7 Å². The molecule has 3 heterocycles. The minimum absolute atomic E-state index is 0.102. The highest BCUT2D eigenvalue weighted by atomic mass is 31.2. The molecule has 3 aliphatic heterocycles. The Labute approximate surface area is 198 Å². The first-order valence-electron chi connectivity index (χ1n) is 10.6. The van der Waals surface area contributed by atoms with Crippen LogP contribution in [-0.4, -0.2) is 73.8 Å². The Balaban J connectivity index is 1.64. The summed E-state index contributed by atoms with van der Waals surface area (Å²) in [7, 11) is -0.779. The van der Waals surface area contributed by atoms with Gasteiger partial charge in [0.05, 0.1) is 12.0 Å². The molecule has 3 aliphatic rings. The van der Waals surface area contributed by atoms with Gasteiger partial charge in [0.1, 0.15) is 39.3 Å². The van der Waals surface area contributed by atoms with Crippen LogP contribution in [0.25, 0.3) is 0 Å². The predicted molar refractivity (Wildman–Crippen MR) is 127 cm³/mol. The molecule has 0 saturated carbocycles. The molecule has 34 heavy (non-hydrogen) atoms. The van der Waals surface area contributed by atoms with Gasteiger partial charge in [0, 0.05) is 17.5 Å². The van der Waals surface area contributed by atoms with Crippen LogP contribution in [-0.2, 0) is 25.0 Å². The van der Waals surface area contributed by atoms with E-state index in [4.69, 9.17) is 18.3 Å². The van der Waals surface area contributed by atoms with Crippen molar-refractivity contribution in [2.24, 2.45) is 0 Å². The van der Waals surface area contributed by atoms with Gasteiger partial charge in [0.15, 0.2) is 7.85 Å². The van der Waals surface area contributed by atoms with Gasteiger partial charge in [-0.15, -0.1) is 0 Å². The van der Waals surface area contributed by atoms with Crippen LogP contribution in [0.15, 0.2) is 42.2 Å². The van der Waals surface area contributed by atoms with Gasteiger partial charge in [-0.3, -0.25) is 13.9 Å². The van der Waals surface area contributed by atoms with E-state index in [9.17, 15) is 19.6 Å². The Morgan fingerprint density at radius 2 is 2.03 bits per heavy atom. The number of benzene rings is 1. The third-order valence-corrected chi connectivity index (χ3v) is 7.90. The van der Waals surface area contributed by atoms with Gasteiger partial charge < -0.3 is 24.8 Å². The van der Waals surface area contributed by atoms with Gasteiger partial charge in [-0.05, 0) is 25.0 Å². The van der Waals surface area contributed by atoms with Crippen LogP contribution in [0, 0.1) is 6.92 Å². The minimum atomic E-state index is -4.37. The lowest BCUT2D eigenvalue weighted by molar-refractivity contribution is -0.240. The molecule has 10 nitrogen and oxygen atoms in total. The Morgan fingerprint density at radius 1 is 1.35 bits per heavy atom. The highest BCUT2D eigenvalue weighted by Crippen LogP contribution is 2.59. The molecule has 1 saturated heterocycles. The zero-order valence-electron chi connectivity index (χ0n) is 19.5. The number of ether oxygens (including phenoxy) is 1. The maximum absolute atomic E-state index is 16.4. The number of rotatable bonds is 4. The summed E-state index contributed by atoms with van der Waals surface area (Å²) in [6.45, 7) is 6.99. The molecule has 0 spiro atoms. The average Bonchev–Trinajstić information content (AvgIpc) is 2.93. The highest BCUT2D eigenvalue weighted by Gasteiger charge is 2.70. The number of amides is 2. The van der Waals surface area contributed by atoms with E-state index in [-0.39, 0.29) is 6.61 Å². The maximum Gasteiger partial charge on any atom is 0.529 e. The molecular weight excluding hydrogens is 467 g/mol. The van der Waals surface area contributed by atoms with E-state index in [0.29, 0.717) is 28.1 Å². The molecular formula is C19H25B3FN2O8P. The number of alkyl halides is 1. The number of carbonyl (C=O) groups excluding carboxylic acids is 1. The van der Waals surface area contributed by atoms with Crippen LogP contribution in [0.5, 0.6) is 5.75 Å². The number of hydrogen-bond acceptors (Lipinski definition) is 8. The molecule has 3 N–H and O–H groups in total. The first-order valence-corrected chi connectivity index (χ1v) is 12.1. The van der Waals surface area contributed by atoms with E-state index >= 15 is 4.39 Å².